The highest BCUT2D eigenvalue weighted by Gasteiger charge is 2.13. The third-order valence-corrected chi connectivity index (χ3v) is 3.80. The zero-order valence-electron chi connectivity index (χ0n) is 12.2. The Labute approximate surface area is 130 Å². The van der Waals surface area contributed by atoms with Crippen molar-refractivity contribution in [1.29, 1.82) is 5.26 Å². The second-order valence-electron chi connectivity index (χ2n) is 5.19. The van der Waals surface area contributed by atoms with Crippen molar-refractivity contribution in [3.8, 4) is 17.2 Å². The molecule has 0 radical (unpaired) electrons. The smallest absolute Gasteiger partial charge is 0.122 e. The SMILES string of the molecule is N#Cc1cc(-c2ccccc2)c(N)n1CCc1ccccc1. The highest BCUT2D eigenvalue weighted by Crippen LogP contribution is 2.29. The predicted octanol–water partition coefficient (Wildman–Crippen LogP) is 3.85. The zero-order chi connectivity index (χ0) is 15.4. The van der Waals surface area contributed by atoms with Gasteiger partial charge >= 0.3 is 0 Å². The van der Waals surface area contributed by atoms with Gasteiger partial charge in [-0.2, -0.15) is 5.26 Å². The molecule has 3 rings (SSSR count). The van der Waals surface area contributed by atoms with Gasteiger partial charge in [-0.15, -0.1) is 0 Å². The lowest BCUT2D eigenvalue weighted by Crippen LogP contribution is -2.07. The number of aromatic nitrogens is 1. The second kappa shape index (κ2) is 6.19. The van der Waals surface area contributed by atoms with E-state index in [1.807, 2.05) is 59.2 Å². The van der Waals surface area contributed by atoms with Gasteiger partial charge in [-0.25, -0.2) is 0 Å². The molecule has 0 fully saturated rings. The molecule has 0 saturated carbocycles. The van der Waals surface area contributed by atoms with Crippen LogP contribution in [0.25, 0.3) is 11.1 Å². The van der Waals surface area contributed by atoms with Gasteiger partial charge in [0.2, 0.25) is 0 Å². The van der Waals surface area contributed by atoms with Crippen LogP contribution in [-0.2, 0) is 13.0 Å². The normalized spacial score (nSPS) is 10.3. The van der Waals surface area contributed by atoms with Gasteiger partial charge in [-0.1, -0.05) is 60.7 Å². The van der Waals surface area contributed by atoms with Crippen molar-refractivity contribution in [2.45, 2.75) is 13.0 Å². The minimum absolute atomic E-state index is 0.604. The Balaban J connectivity index is 1.91. The first-order valence-corrected chi connectivity index (χ1v) is 7.28. The fourth-order valence-electron chi connectivity index (χ4n) is 2.63. The van der Waals surface area contributed by atoms with Crippen molar-refractivity contribution in [3.05, 3.63) is 78.0 Å². The Kier molecular flexibility index (Phi) is 3.93. The van der Waals surface area contributed by atoms with E-state index in [0.717, 1.165) is 17.5 Å². The van der Waals surface area contributed by atoms with Crippen LogP contribution >= 0.6 is 0 Å². The predicted molar refractivity (Wildman–Crippen MR) is 89.1 cm³/mol. The van der Waals surface area contributed by atoms with E-state index in [4.69, 9.17) is 5.73 Å². The van der Waals surface area contributed by atoms with Gasteiger partial charge in [0, 0.05) is 12.1 Å². The number of hydrogen-bond acceptors (Lipinski definition) is 2. The minimum atomic E-state index is 0.604. The molecule has 3 aromatic rings. The first-order chi connectivity index (χ1) is 10.8. The van der Waals surface area contributed by atoms with Crippen LogP contribution in [0.3, 0.4) is 0 Å². The third kappa shape index (κ3) is 2.72. The van der Waals surface area contributed by atoms with Gasteiger partial charge in [0.15, 0.2) is 0 Å². The van der Waals surface area contributed by atoms with E-state index in [-0.39, 0.29) is 0 Å². The molecule has 0 aliphatic carbocycles. The Hall–Kier alpha value is -2.99. The molecule has 0 unspecified atom stereocenters. The van der Waals surface area contributed by atoms with Crippen LogP contribution < -0.4 is 5.73 Å². The molecular weight excluding hydrogens is 270 g/mol. The first-order valence-electron chi connectivity index (χ1n) is 7.28. The molecule has 0 saturated heterocycles. The molecule has 2 N–H and O–H groups in total. The molecule has 3 nitrogen and oxygen atoms in total. The molecule has 2 aromatic carbocycles. The summed E-state index contributed by atoms with van der Waals surface area (Å²) in [5.41, 5.74) is 10.1. The summed E-state index contributed by atoms with van der Waals surface area (Å²) >= 11 is 0. The van der Waals surface area contributed by atoms with Gasteiger partial charge < -0.3 is 10.3 Å². The fourth-order valence-corrected chi connectivity index (χ4v) is 2.63. The number of anilines is 1. The van der Waals surface area contributed by atoms with E-state index in [9.17, 15) is 5.26 Å². The number of nitriles is 1. The van der Waals surface area contributed by atoms with Gasteiger partial charge in [-0.3, -0.25) is 0 Å². The number of hydrogen-bond donors (Lipinski definition) is 1. The molecule has 3 heteroatoms. The molecule has 1 heterocycles. The molecule has 0 aliphatic rings. The quantitative estimate of drug-likeness (QED) is 0.792. The molecular formula is C19H17N3. The van der Waals surface area contributed by atoms with Crippen molar-refractivity contribution < 1.29 is 0 Å². The Bertz CT molecular complexity index is 796. The summed E-state index contributed by atoms with van der Waals surface area (Å²) < 4.78 is 1.90. The number of nitrogen functional groups attached to an aromatic ring is 1. The maximum Gasteiger partial charge on any atom is 0.122 e. The van der Waals surface area contributed by atoms with E-state index in [1.165, 1.54) is 5.56 Å². The lowest BCUT2D eigenvalue weighted by Gasteiger charge is -2.09. The van der Waals surface area contributed by atoms with Crippen LogP contribution in [0.1, 0.15) is 11.3 Å². The molecule has 1 aromatic heterocycles. The highest BCUT2D eigenvalue weighted by atomic mass is 15.1. The lowest BCUT2D eigenvalue weighted by molar-refractivity contribution is 0.702. The molecule has 108 valence electrons. The first kappa shape index (κ1) is 14.0. The van der Waals surface area contributed by atoms with Crippen LogP contribution in [-0.4, -0.2) is 4.57 Å². The fraction of sp³-hybridized carbons (Fsp3) is 0.105. The molecule has 0 bridgehead atoms. The maximum absolute atomic E-state index is 9.37. The van der Waals surface area contributed by atoms with Crippen molar-refractivity contribution in [3.63, 3.8) is 0 Å². The molecule has 0 atom stereocenters. The largest absolute Gasteiger partial charge is 0.385 e. The van der Waals surface area contributed by atoms with E-state index in [0.29, 0.717) is 18.1 Å². The highest BCUT2D eigenvalue weighted by molar-refractivity contribution is 5.76. The van der Waals surface area contributed by atoms with E-state index >= 15 is 0 Å². The molecule has 0 aliphatic heterocycles. The Morgan fingerprint density at radius 3 is 2.23 bits per heavy atom. The van der Waals surface area contributed by atoms with Crippen LogP contribution in [0.15, 0.2) is 66.7 Å². The van der Waals surface area contributed by atoms with Crippen LogP contribution in [0.5, 0.6) is 0 Å². The summed E-state index contributed by atoms with van der Waals surface area (Å²) in [7, 11) is 0. The van der Waals surface area contributed by atoms with Crippen molar-refractivity contribution in [1.82, 2.24) is 4.57 Å². The summed E-state index contributed by atoms with van der Waals surface area (Å²) in [5.74, 6) is 0.652. The van der Waals surface area contributed by atoms with Gasteiger partial charge in [-0.05, 0) is 23.6 Å². The van der Waals surface area contributed by atoms with Gasteiger partial charge in [0.25, 0.3) is 0 Å². The number of nitrogens with two attached hydrogens (primary N) is 1. The average molecular weight is 287 g/mol. The number of benzene rings is 2. The Morgan fingerprint density at radius 1 is 0.955 bits per heavy atom. The van der Waals surface area contributed by atoms with Crippen LogP contribution in [0, 0.1) is 11.3 Å². The maximum atomic E-state index is 9.37. The summed E-state index contributed by atoms with van der Waals surface area (Å²) in [6, 6.07) is 24.3. The zero-order valence-corrected chi connectivity index (χ0v) is 12.2. The third-order valence-electron chi connectivity index (χ3n) is 3.80. The van der Waals surface area contributed by atoms with Crippen LogP contribution in [0.4, 0.5) is 5.82 Å². The van der Waals surface area contributed by atoms with Crippen LogP contribution in [0.2, 0.25) is 0 Å². The number of rotatable bonds is 4. The average Bonchev–Trinajstić information content (AvgIpc) is 2.90. The van der Waals surface area contributed by atoms with Gasteiger partial charge in [0.1, 0.15) is 17.6 Å². The van der Waals surface area contributed by atoms with Crippen molar-refractivity contribution >= 4 is 5.82 Å². The molecule has 0 spiro atoms. The van der Waals surface area contributed by atoms with E-state index in [2.05, 4.69) is 18.2 Å². The standard InChI is InChI=1S/C19H17N3/c20-14-17-13-18(16-9-5-2-6-10-16)19(21)22(17)12-11-15-7-3-1-4-8-15/h1-10,13H,11-12,21H2. The molecule has 22 heavy (non-hydrogen) atoms. The topological polar surface area (TPSA) is 54.7 Å². The van der Waals surface area contributed by atoms with Crippen molar-refractivity contribution in [2.75, 3.05) is 5.73 Å². The summed E-state index contributed by atoms with van der Waals surface area (Å²) in [4.78, 5) is 0. The van der Waals surface area contributed by atoms with E-state index < -0.39 is 0 Å². The summed E-state index contributed by atoms with van der Waals surface area (Å²) in [6.45, 7) is 0.700. The van der Waals surface area contributed by atoms with Crippen molar-refractivity contribution in [2.24, 2.45) is 0 Å². The number of aryl methyl sites for hydroxylation is 1. The second-order valence-corrected chi connectivity index (χ2v) is 5.19. The summed E-state index contributed by atoms with van der Waals surface area (Å²) in [6.07, 6.45) is 0.850. The summed E-state index contributed by atoms with van der Waals surface area (Å²) in [5, 5.41) is 9.37. The van der Waals surface area contributed by atoms with Gasteiger partial charge in [0.05, 0.1) is 0 Å². The number of nitrogens with zero attached hydrogens (tertiary/aromatic N) is 2. The van der Waals surface area contributed by atoms with E-state index in [1.54, 1.807) is 0 Å². The minimum Gasteiger partial charge on any atom is -0.385 e. The Morgan fingerprint density at radius 2 is 1.59 bits per heavy atom. The lowest BCUT2D eigenvalue weighted by atomic mass is 10.1. The molecule has 0 amide bonds. The monoisotopic (exact) mass is 287 g/mol.